The lowest BCUT2D eigenvalue weighted by atomic mass is 10.0. The Balaban J connectivity index is 1.52. The first-order valence-corrected chi connectivity index (χ1v) is 9.58. The minimum Gasteiger partial charge on any atom is -0.342 e. The van der Waals surface area contributed by atoms with Crippen LogP contribution in [0.4, 0.5) is 5.95 Å². The molecule has 2 aromatic heterocycles. The maximum absolute atomic E-state index is 12.7. The molecule has 0 saturated carbocycles. The van der Waals surface area contributed by atoms with Gasteiger partial charge in [0.25, 0.3) is 5.56 Å². The van der Waals surface area contributed by atoms with Crippen molar-refractivity contribution >= 4 is 5.95 Å². The normalized spacial score (nSPS) is 21.0. The number of rotatable bonds is 3. The molecule has 1 atom stereocenters. The highest BCUT2D eigenvalue weighted by molar-refractivity contribution is 5.35. The smallest absolute Gasteiger partial charge is 0.257 e. The lowest BCUT2D eigenvalue weighted by Gasteiger charge is -2.33. The molecule has 140 valence electrons. The van der Waals surface area contributed by atoms with Crippen LogP contribution < -0.4 is 10.5 Å². The van der Waals surface area contributed by atoms with E-state index in [1.165, 1.54) is 18.4 Å². The van der Waals surface area contributed by atoms with Gasteiger partial charge in [0, 0.05) is 58.0 Å². The number of aromatic nitrogens is 4. The zero-order valence-electron chi connectivity index (χ0n) is 16.0. The molecule has 4 heterocycles. The van der Waals surface area contributed by atoms with Gasteiger partial charge in [0.15, 0.2) is 0 Å². The largest absolute Gasteiger partial charge is 0.342 e. The lowest BCUT2D eigenvalue weighted by molar-refractivity contribution is 0.241. The highest BCUT2D eigenvalue weighted by Crippen LogP contribution is 2.22. The molecule has 1 saturated heterocycles. The molecule has 0 unspecified atom stereocenters. The number of fused-ring (bicyclic) bond motifs is 1. The minimum atomic E-state index is 0.0239. The third-order valence-corrected chi connectivity index (χ3v) is 5.60. The molecule has 26 heavy (non-hydrogen) atoms. The Bertz CT molecular complexity index is 854. The summed E-state index contributed by atoms with van der Waals surface area (Å²) in [7, 11) is 1.94. The Labute approximate surface area is 154 Å². The predicted octanol–water partition coefficient (Wildman–Crippen LogP) is 1.61. The molecule has 0 spiro atoms. The first-order chi connectivity index (χ1) is 12.5. The van der Waals surface area contributed by atoms with Crippen molar-refractivity contribution in [3.05, 3.63) is 39.1 Å². The standard InChI is InChI=1S/C19H28N6O/c1-13-5-4-7-25(9-13)19-20-17-6-8-24(12-16(17)18(26)21-19)11-15-10-23(3)22-14(15)2/h10,13H,4-9,11-12H2,1-3H3,(H,20,21,26)/t13-/m1/s1. The van der Waals surface area contributed by atoms with Crippen LogP contribution in [0.1, 0.15) is 42.3 Å². The second-order valence-corrected chi connectivity index (χ2v) is 7.88. The summed E-state index contributed by atoms with van der Waals surface area (Å²) in [6, 6.07) is 0. The van der Waals surface area contributed by atoms with Gasteiger partial charge in [0.1, 0.15) is 0 Å². The van der Waals surface area contributed by atoms with Gasteiger partial charge in [-0.25, -0.2) is 4.98 Å². The molecular formula is C19H28N6O. The van der Waals surface area contributed by atoms with E-state index in [1.807, 2.05) is 18.7 Å². The molecule has 4 rings (SSSR count). The molecule has 0 radical (unpaired) electrons. The number of aryl methyl sites for hydroxylation is 2. The predicted molar refractivity (Wildman–Crippen MR) is 101 cm³/mol. The van der Waals surface area contributed by atoms with E-state index in [0.29, 0.717) is 12.5 Å². The van der Waals surface area contributed by atoms with Gasteiger partial charge in [-0.15, -0.1) is 0 Å². The van der Waals surface area contributed by atoms with Crippen molar-refractivity contribution in [2.75, 3.05) is 24.5 Å². The summed E-state index contributed by atoms with van der Waals surface area (Å²) < 4.78 is 1.85. The zero-order chi connectivity index (χ0) is 18.3. The van der Waals surface area contributed by atoms with Gasteiger partial charge >= 0.3 is 0 Å². The van der Waals surface area contributed by atoms with Gasteiger partial charge in [-0.05, 0) is 25.7 Å². The molecule has 0 aliphatic carbocycles. The van der Waals surface area contributed by atoms with Gasteiger partial charge in [-0.1, -0.05) is 6.92 Å². The van der Waals surface area contributed by atoms with E-state index in [2.05, 4.69) is 33.0 Å². The van der Waals surface area contributed by atoms with E-state index in [4.69, 9.17) is 4.98 Å². The van der Waals surface area contributed by atoms with Crippen LogP contribution in [0.3, 0.4) is 0 Å². The molecule has 2 aliphatic rings. The van der Waals surface area contributed by atoms with Crippen molar-refractivity contribution in [1.29, 1.82) is 0 Å². The quantitative estimate of drug-likeness (QED) is 0.905. The molecule has 0 aromatic carbocycles. The highest BCUT2D eigenvalue weighted by Gasteiger charge is 2.25. The van der Waals surface area contributed by atoms with Crippen LogP contribution in [0.2, 0.25) is 0 Å². The Hall–Kier alpha value is -2.15. The SMILES string of the molecule is Cc1nn(C)cc1CN1CCc2nc(N3CCC[C@@H](C)C3)[nH]c(=O)c2C1. The summed E-state index contributed by atoms with van der Waals surface area (Å²) in [5.74, 6) is 1.42. The van der Waals surface area contributed by atoms with Gasteiger partial charge in [0.05, 0.1) is 17.0 Å². The molecule has 1 N–H and O–H groups in total. The number of nitrogens with one attached hydrogen (secondary N) is 1. The van der Waals surface area contributed by atoms with Crippen LogP contribution in [-0.4, -0.2) is 44.3 Å². The summed E-state index contributed by atoms with van der Waals surface area (Å²) in [5, 5.41) is 4.41. The molecule has 2 aliphatic heterocycles. The van der Waals surface area contributed by atoms with Crippen molar-refractivity contribution in [1.82, 2.24) is 24.6 Å². The van der Waals surface area contributed by atoms with E-state index in [-0.39, 0.29) is 5.56 Å². The van der Waals surface area contributed by atoms with E-state index in [0.717, 1.165) is 55.5 Å². The summed E-state index contributed by atoms with van der Waals surface area (Å²) in [6.07, 6.45) is 5.32. The molecule has 7 nitrogen and oxygen atoms in total. The fourth-order valence-corrected chi connectivity index (χ4v) is 4.18. The average molecular weight is 356 g/mol. The van der Waals surface area contributed by atoms with Crippen molar-refractivity contribution in [2.45, 2.75) is 46.2 Å². The summed E-state index contributed by atoms with van der Waals surface area (Å²) in [6.45, 7) is 8.67. The molecule has 0 amide bonds. The second kappa shape index (κ2) is 6.87. The fraction of sp³-hybridized carbons (Fsp3) is 0.632. The third kappa shape index (κ3) is 3.40. The van der Waals surface area contributed by atoms with E-state index in [9.17, 15) is 4.79 Å². The average Bonchev–Trinajstić information content (AvgIpc) is 2.92. The third-order valence-electron chi connectivity index (χ3n) is 5.60. The first-order valence-electron chi connectivity index (χ1n) is 9.58. The number of H-pyrrole nitrogens is 1. The van der Waals surface area contributed by atoms with Crippen LogP contribution >= 0.6 is 0 Å². The highest BCUT2D eigenvalue weighted by atomic mass is 16.1. The van der Waals surface area contributed by atoms with Crippen LogP contribution in [0.5, 0.6) is 0 Å². The van der Waals surface area contributed by atoms with Crippen LogP contribution in [0.15, 0.2) is 11.0 Å². The number of nitrogens with zero attached hydrogens (tertiary/aromatic N) is 5. The summed E-state index contributed by atoms with van der Waals surface area (Å²) >= 11 is 0. The molecule has 0 bridgehead atoms. The Morgan fingerprint density at radius 1 is 1.35 bits per heavy atom. The van der Waals surface area contributed by atoms with E-state index >= 15 is 0 Å². The number of hydrogen-bond acceptors (Lipinski definition) is 5. The van der Waals surface area contributed by atoms with Crippen molar-refractivity contribution in [3.8, 4) is 0 Å². The topological polar surface area (TPSA) is 70.1 Å². The summed E-state index contributed by atoms with van der Waals surface area (Å²) in [5.41, 5.74) is 4.10. The van der Waals surface area contributed by atoms with Crippen LogP contribution in [0, 0.1) is 12.8 Å². The van der Waals surface area contributed by atoms with E-state index < -0.39 is 0 Å². The molecule has 1 fully saturated rings. The second-order valence-electron chi connectivity index (χ2n) is 7.88. The Morgan fingerprint density at radius 2 is 2.19 bits per heavy atom. The molecular weight excluding hydrogens is 328 g/mol. The minimum absolute atomic E-state index is 0.0239. The number of anilines is 1. The van der Waals surface area contributed by atoms with Gasteiger partial charge in [-0.2, -0.15) is 5.10 Å². The number of aromatic amines is 1. The first kappa shape index (κ1) is 17.3. The van der Waals surface area contributed by atoms with Crippen LogP contribution in [0.25, 0.3) is 0 Å². The van der Waals surface area contributed by atoms with Crippen molar-refractivity contribution in [3.63, 3.8) is 0 Å². The molecule has 7 heteroatoms. The van der Waals surface area contributed by atoms with Gasteiger partial charge in [0.2, 0.25) is 5.95 Å². The maximum Gasteiger partial charge on any atom is 0.257 e. The van der Waals surface area contributed by atoms with Crippen LogP contribution in [-0.2, 0) is 26.6 Å². The fourth-order valence-electron chi connectivity index (χ4n) is 4.18. The lowest BCUT2D eigenvalue weighted by Crippen LogP contribution is -2.39. The monoisotopic (exact) mass is 356 g/mol. The van der Waals surface area contributed by atoms with Crippen molar-refractivity contribution < 1.29 is 0 Å². The molecule has 2 aromatic rings. The maximum atomic E-state index is 12.7. The Morgan fingerprint density at radius 3 is 2.92 bits per heavy atom. The Kier molecular flexibility index (Phi) is 4.56. The van der Waals surface area contributed by atoms with Gasteiger partial charge in [-0.3, -0.25) is 19.4 Å². The van der Waals surface area contributed by atoms with Crippen molar-refractivity contribution in [2.24, 2.45) is 13.0 Å². The number of hydrogen-bond donors (Lipinski definition) is 1. The van der Waals surface area contributed by atoms with E-state index in [1.54, 1.807) is 0 Å². The van der Waals surface area contributed by atoms with Gasteiger partial charge < -0.3 is 4.90 Å². The summed E-state index contributed by atoms with van der Waals surface area (Å²) in [4.78, 5) is 25.1. The zero-order valence-corrected chi connectivity index (χ0v) is 16.0. The number of piperidine rings is 1.